The molecule has 0 unspecified atom stereocenters. The summed E-state index contributed by atoms with van der Waals surface area (Å²) in [7, 11) is 0. The highest BCUT2D eigenvalue weighted by Gasteiger charge is 1.97. The van der Waals surface area contributed by atoms with E-state index < -0.39 is 6.16 Å². The maximum atomic E-state index is 9.96. The lowest BCUT2D eigenvalue weighted by molar-refractivity contribution is 0.0680. The molecular weight excluding hydrogens is 186 g/mol. The summed E-state index contributed by atoms with van der Waals surface area (Å²) in [6.07, 6.45) is -1.48. The molecule has 0 radical (unpaired) electrons. The second kappa shape index (κ2) is 4.70. The van der Waals surface area contributed by atoms with Crippen LogP contribution >= 0.6 is 0 Å². The summed E-state index contributed by atoms with van der Waals surface area (Å²) in [5.41, 5.74) is 7.87. The lowest BCUT2D eigenvalue weighted by Gasteiger charge is -2.01. The topological polar surface area (TPSA) is 96.9 Å². The van der Waals surface area contributed by atoms with Crippen molar-refractivity contribution in [1.82, 2.24) is 5.48 Å². The van der Waals surface area contributed by atoms with E-state index in [1.54, 1.807) is 24.3 Å². The number of nitrogens with one attached hydrogen (secondary N) is 1. The van der Waals surface area contributed by atoms with E-state index in [-0.39, 0.29) is 5.96 Å². The Morgan fingerprint density at radius 3 is 2.64 bits per heavy atom. The first kappa shape index (κ1) is 9.85. The Morgan fingerprint density at radius 2 is 2.07 bits per heavy atom. The highest BCUT2D eigenvalue weighted by molar-refractivity contribution is 5.80. The van der Waals surface area contributed by atoms with Crippen LogP contribution in [0.5, 0.6) is 0 Å². The van der Waals surface area contributed by atoms with Gasteiger partial charge in [0, 0.05) is 0 Å². The Kier molecular flexibility index (Phi) is 3.31. The van der Waals surface area contributed by atoms with Crippen LogP contribution in [0.25, 0.3) is 0 Å². The minimum absolute atomic E-state index is 0.126. The Labute approximate surface area is 80.0 Å². The van der Waals surface area contributed by atoms with Crippen molar-refractivity contribution in [3.63, 3.8) is 0 Å². The third-order valence-electron chi connectivity index (χ3n) is 1.25. The molecular formula is C8H9N3O3. The summed E-state index contributed by atoms with van der Waals surface area (Å²) >= 11 is 0. The monoisotopic (exact) mass is 195 g/mol. The van der Waals surface area contributed by atoms with Gasteiger partial charge in [-0.05, 0) is 12.1 Å². The van der Waals surface area contributed by atoms with Crippen LogP contribution in [0.2, 0.25) is 0 Å². The molecule has 0 fully saturated rings. The number of hydrogen-bond donors (Lipinski definition) is 3. The third-order valence-corrected chi connectivity index (χ3v) is 1.25. The molecule has 0 saturated carbocycles. The van der Waals surface area contributed by atoms with Crippen LogP contribution in [-0.2, 0) is 4.84 Å². The fourth-order valence-corrected chi connectivity index (χ4v) is 0.760. The minimum atomic E-state index is -1.48. The number of guanidine groups is 1. The van der Waals surface area contributed by atoms with Gasteiger partial charge < -0.3 is 15.7 Å². The summed E-state index contributed by atoms with van der Waals surface area (Å²) < 4.78 is 0. The lowest BCUT2D eigenvalue weighted by atomic mass is 10.3. The van der Waals surface area contributed by atoms with Crippen LogP contribution in [0.1, 0.15) is 0 Å². The van der Waals surface area contributed by atoms with Crippen LogP contribution in [0, 0.1) is 0 Å². The van der Waals surface area contributed by atoms with Crippen LogP contribution in [0.3, 0.4) is 0 Å². The molecule has 0 spiro atoms. The SMILES string of the molecule is NC(=Nc1ccccc1)NOC(=O)O. The molecule has 0 aliphatic rings. The first-order chi connectivity index (χ1) is 6.68. The molecule has 6 heteroatoms. The zero-order valence-electron chi connectivity index (χ0n) is 7.18. The maximum Gasteiger partial charge on any atom is 0.530 e. The number of nitrogens with zero attached hydrogens (tertiary/aromatic N) is 1. The van der Waals surface area contributed by atoms with E-state index in [2.05, 4.69) is 9.83 Å². The van der Waals surface area contributed by atoms with Gasteiger partial charge in [0.1, 0.15) is 0 Å². The maximum absolute atomic E-state index is 9.96. The lowest BCUT2D eigenvalue weighted by Crippen LogP contribution is -2.32. The number of nitrogens with two attached hydrogens (primary N) is 1. The average Bonchev–Trinajstić information content (AvgIpc) is 2.16. The quantitative estimate of drug-likeness (QED) is 0.350. The van der Waals surface area contributed by atoms with E-state index in [0.29, 0.717) is 5.69 Å². The Bertz CT molecular complexity index is 337. The van der Waals surface area contributed by atoms with Gasteiger partial charge in [0.05, 0.1) is 5.69 Å². The molecule has 1 rings (SSSR count). The first-order valence-electron chi connectivity index (χ1n) is 3.73. The molecule has 14 heavy (non-hydrogen) atoms. The largest absolute Gasteiger partial charge is 0.530 e. The van der Waals surface area contributed by atoms with Crippen molar-refractivity contribution in [3.8, 4) is 0 Å². The second-order valence-corrected chi connectivity index (χ2v) is 2.30. The minimum Gasteiger partial charge on any atom is -0.448 e. The normalized spacial score (nSPS) is 10.7. The van der Waals surface area contributed by atoms with Gasteiger partial charge >= 0.3 is 6.16 Å². The molecule has 6 nitrogen and oxygen atoms in total. The van der Waals surface area contributed by atoms with E-state index >= 15 is 0 Å². The van der Waals surface area contributed by atoms with Gasteiger partial charge in [0.2, 0.25) is 5.96 Å². The Balaban J connectivity index is 2.56. The molecule has 0 aliphatic carbocycles. The molecule has 0 aromatic heterocycles. The van der Waals surface area contributed by atoms with Crippen molar-refractivity contribution in [2.45, 2.75) is 0 Å². The highest BCUT2D eigenvalue weighted by atomic mass is 16.8. The van der Waals surface area contributed by atoms with Crippen LogP contribution in [0.4, 0.5) is 10.5 Å². The summed E-state index contributed by atoms with van der Waals surface area (Å²) in [5, 5.41) is 8.13. The molecule has 4 N–H and O–H groups in total. The van der Waals surface area contributed by atoms with Crippen molar-refractivity contribution >= 4 is 17.8 Å². The van der Waals surface area contributed by atoms with Gasteiger partial charge in [-0.15, -0.1) is 0 Å². The van der Waals surface area contributed by atoms with E-state index in [0.717, 1.165) is 0 Å². The fourth-order valence-electron chi connectivity index (χ4n) is 0.760. The van der Waals surface area contributed by atoms with Crippen molar-refractivity contribution in [1.29, 1.82) is 0 Å². The van der Waals surface area contributed by atoms with Gasteiger partial charge in [-0.25, -0.2) is 9.79 Å². The number of hydroxylamine groups is 1. The molecule has 0 aliphatic heterocycles. The van der Waals surface area contributed by atoms with E-state index in [9.17, 15) is 4.79 Å². The molecule has 0 atom stereocenters. The number of carbonyl (C=O) groups is 1. The van der Waals surface area contributed by atoms with Gasteiger partial charge in [-0.1, -0.05) is 18.2 Å². The fraction of sp³-hybridized carbons (Fsp3) is 0. The molecule has 0 amide bonds. The van der Waals surface area contributed by atoms with Crippen LogP contribution < -0.4 is 11.2 Å². The third kappa shape index (κ3) is 3.44. The Hall–Kier alpha value is -2.24. The number of aliphatic imine (C=N–C) groups is 1. The molecule has 1 aromatic carbocycles. The van der Waals surface area contributed by atoms with Gasteiger partial charge in [0.15, 0.2) is 0 Å². The van der Waals surface area contributed by atoms with Crippen molar-refractivity contribution in [3.05, 3.63) is 30.3 Å². The first-order valence-corrected chi connectivity index (χ1v) is 3.73. The van der Waals surface area contributed by atoms with Crippen LogP contribution in [0.15, 0.2) is 35.3 Å². The average molecular weight is 195 g/mol. The van der Waals surface area contributed by atoms with E-state index in [1.165, 1.54) is 0 Å². The molecule has 0 heterocycles. The molecule has 0 bridgehead atoms. The molecule has 1 aromatic rings. The zero-order chi connectivity index (χ0) is 10.4. The van der Waals surface area contributed by atoms with Gasteiger partial charge in [-0.2, -0.15) is 5.48 Å². The molecule has 0 saturated heterocycles. The summed E-state index contributed by atoms with van der Waals surface area (Å²) in [6, 6.07) is 8.83. The number of carboxylic acid groups (broad SMARTS) is 1. The summed E-state index contributed by atoms with van der Waals surface area (Å²) in [6.45, 7) is 0. The van der Waals surface area contributed by atoms with E-state index in [1.807, 2.05) is 11.5 Å². The van der Waals surface area contributed by atoms with Crippen molar-refractivity contribution < 1.29 is 14.7 Å². The smallest absolute Gasteiger partial charge is 0.448 e. The molecule has 74 valence electrons. The standard InChI is InChI=1S/C8H9N3O3/c9-7(11-14-8(12)13)10-6-4-2-1-3-5-6/h1-5H,(H,12,13)(H3,9,10,11). The number of benzene rings is 1. The number of rotatable bonds is 1. The predicted octanol–water partition coefficient (Wildman–Crippen LogP) is 0.832. The van der Waals surface area contributed by atoms with Crippen molar-refractivity contribution in [2.75, 3.05) is 0 Å². The highest BCUT2D eigenvalue weighted by Crippen LogP contribution is 2.08. The number of hydrogen-bond acceptors (Lipinski definition) is 3. The Morgan fingerprint density at radius 1 is 1.43 bits per heavy atom. The van der Waals surface area contributed by atoms with E-state index in [4.69, 9.17) is 10.8 Å². The van der Waals surface area contributed by atoms with Gasteiger partial charge in [0.25, 0.3) is 0 Å². The van der Waals surface area contributed by atoms with Gasteiger partial charge in [-0.3, -0.25) is 0 Å². The predicted molar refractivity (Wildman–Crippen MR) is 50.0 cm³/mol. The second-order valence-electron chi connectivity index (χ2n) is 2.30. The van der Waals surface area contributed by atoms with Crippen molar-refractivity contribution in [2.24, 2.45) is 10.7 Å². The van der Waals surface area contributed by atoms with Crippen LogP contribution in [-0.4, -0.2) is 17.2 Å². The summed E-state index contributed by atoms with van der Waals surface area (Å²) in [5.74, 6) is -0.126. The summed E-state index contributed by atoms with van der Waals surface area (Å²) in [4.78, 5) is 17.8. The zero-order valence-corrected chi connectivity index (χ0v) is 7.18. The number of para-hydroxylation sites is 1.